The molecule has 2 saturated heterocycles. The molecule has 3 rings (SSSR count). The van der Waals surface area contributed by atoms with Gasteiger partial charge in [0.1, 0.15) is 5.60 Å². The van der Waals surface area contributed by atoms with Crippen LogP contribution >= 0.6 is 0 Å². The molecule has 2 aliphatic rings. The van der Waals surface area contributed by atoms with Crippen LogP contribution in [0.5, 0.6) is 0 Å². The van der Waals surface area contributed by atoms with Gasteiger partial charge in [-0.2, -0.15) is 0 Å². The van der Waals surface area contributed by atoms with Crippen LogP contribution in [0, 0.1) is 5.92 Å². The molecule has 0 N–H and O–H groups in total. The predicted octanol–water partition coefficient (Wildman–Crippen LogP) is 3.13. The fourth-order valence-corrected chi connectivity index (χ4v) is 3.97. The minimum absolute atomic E-state index is 0.0838. The van der Waals surface area contributed by atoms with Gasteiger partial charge in [-0.05, 0) is 51.3 Å². The lowest BCUT2D eigenvalue weighted by Crippen LogP contribution is -2.47. The summed E-state index contributed by atoms with van der Waals surface area (Å²) in [6, 6.07) is 8.40. The molecule has 2 heterocycles. The highest BCUT2D eigenvalue weighted by atomic mass is 16.6. The van der Waals surface area contributed by atoms with Gasteiger partial charge in [-0.15, -0.1) is 0 Å². The molecule has 7 nitrogen and oxygen atoms in total. The Morgan fingerprint density at radius 2 is 1.80 bits per heavy atom. The van der Waals surface area contributed by atoms with E-state index in [1.54, 1.807) is 9.80 Å². The summed E-state index contributed by atoms with van der Waals surface area (Å²) in [5.41, 5.74) is 1.76. The molecule has 0 aliphatic carbocycles. The molecule has 0 saturated carbocycles. The maximum Gasteiger partial charge on any atom is 0.410 e. The number of hydrogen-bond acceptors (Lipinski definition) is 5. The van der Waals surface area contributed by atoms with Crippen molar-refractivity contribution in [3.8, 4) is 0 Å². The molecule has 0 radical (unpaired) electrons. The van der Waals surface area contributed by atoms with Crippen molar-refractivity contribution in [2.24, 2.45) is 5.92 Å². The Morgan fingerprint density at radius 1 is 1.13 bits per heavy atom. The van der Waals surface area contributed by atoms with Crippen LogP contribution < -0.4 is 4.90 Å². The first kappa shape index (κ1) is 22.4. The van der Waals surface area contributed by atoms with Gasteiger partial charge in [0.05, 0.1) is 19.1 Å². The second-order valence-electron chi connectivity index (χ2n) is 9.23. The van der Waals surface area contributed by atoms with Crippen LogP contribution in [0.15, 0.2) is 24.3 Å². The van der Waals surface area contributed by atoms with Crippen molar-refractivity contribution in [3.63, 3.8) is 0 Å². The van der Waals surface area contributed by atoms with E-state index >= 15 is 0 Å². The summed E-state index contributed by atoms with van der Waals surface area (Å²) in [5.74, 6) is -0.0931. The number of amides is 2. The number of nitrogens with zero attached hydrogens (tertiary/aromatic N) is 3. The highest BCUT2D eigenvalue weighted by molar-refractivity contribution is 5.80. The van der Waals surface area contributed by atoms with E-state index in [4.69, 9.17) is 9.47 Å². The number of benzene rings is 1. The maximum atomic E-state index is 13.0. The first-order chi connectivity index (χ1) is 14.2. The Balaban J connectivity index is 1.54. The highest BCUT2D eigenvalue weighted by Crippen LogP contribution is 2.22. The zero-order valence-corrected chi connectivity index (χ0v) is 18.7. The van der Waals surface area contributed by atoms with E-state index in [1.807, 2.05) is 27.8 Å². The molecule has 2 fully saturated rings. The zero-order chi connectivity index (χ0) is 21.7. The molecular weight excluding hydrogens is 382 g/mol. The van der Waals surface area contributed by atoms with Crippen LogP contribution in [0.2, 0.25) is 0 Å². The quantitative estimate of drug-likeness (QED) is 0.753. The maximum absolute atomic E-state index is 13.0. The van der Waals surface area contributed by atoms with E-state index in [-0.39, 0.29) is 17.9 Å². The highest BCUT2D eigenvalue weighted by Gasteiger charge is 2.32. The summed E-state index contributed by atoms with van der Waals surface area (Å²) in [5, 5.41) is 0. The van der Waals surface area contributed by atoms with Crippen LogP contribution in [0.4, 0.5) is 10.5 Å². The third kappa shape index (κ3) is 6.11. The lowest BCUT2D eigenvalue weighted by atomic mass is 9.96. The molecule has 0 aromatic heterocycles. The van der Waals surface area contributed by atoms with Crippen LogP contribution in [0.1, 0.15) is 39.2 Å². The number of hydrogen-bond donors (Lipinski definition) is 0. The molecule has 1 aromatic carbocycles. The average molecular weight is 418 g/mol. The molecule has 0 unspecified atom stereocenters. The van der Waals surface area contributed by atoms with Crippen LogP contribution in [-0.4, -0.2) is 73.8 Å². The minimum Gasteiger partial charge on any atom is -0.444 e. The van der Waals surface area contributed by atoms with E-state index in [2.05, 4.69) is 29.2 Å². The number of likely N-dealkylation sites (tertiary alicyclic amines) is 1. The van der Waals surface area contributed by atoms with Crippen LogP contribution in [0.25, 0.3) is 0 Å². The molecule has 2 aliphatic heterocycles. The van der Waals surface area contributed by atoms with Gasteiger partial charge < -0.3 is 24.2 Å². The van der Waals surface area contributed by atoms with Gasteiger partial charge in [0.25, 0.3) is 0 Å². The van der Waals surface area contributed by atoms with Gasteiger partial charge in [0, 0.05) is 45.5 Å². The van der Waals surface area contributed by atoms with E-state index in [9.17, 15) is 9.59 Å². The summed E-state index contributed by atoms with van der Waals surface area (Å²) < 4.78 is 10.9. The summed E-state index contributed by atoms with van der Waals surface area (Å²) in [4.78, 5) is 31.1. The van der Waals surface area contributed by atoms with E-state index in [0.717, 1.165) is 44.7 Å². The number of morpholine rings is 1. The lowest BCUT2D eigenvalue weighted by molar-refractivity contribution is -0.136. The van der Waals surface area contributed by atoms with Gasteiger partial charge in [-0.1, -0.05) is 12.1 Å². The van der Waals surface area contributed by atoms with Gasteiger partial charge in [-0.25, -0.2) is 4.79 Å². The summed E-state index contributed by atoms with van der Waals surface area (Å²) in [6.07, 6.45) is 1.29. The smallest absolute Gasteiger partial charge is 0.410 e. The molecule has 1 atom stereocenters. The number of carbonyl (C=O) groups is 2. The number of ether oxygens (including phenoxy) is 2. The molecule has 2 amide bonds. The first-order valence-corrected chi connectivity index (χ1v) is 10.9. The standard InChI is InChI=1S/C23H35N3O4/c1-23(2,3)30-22(28)26-11-5-6-19(17-26)21(27)24(4)16-18-7-9-20(10-8-18)25-12-14-29-15-13-25/h7-10,19H,5-6,11-17H2,1-4H3/t19-/m1/s1. The Morgan fingerprint density at radius 3 is 2.43 bits per heavy atom. The number of rotatable bonds is 4. The second-order valence-corrected chi connectivity index (χ2v) is 9.23. The van der Waals surface area contributed by atoms with E-state index in [0.29, 0.717) is 19.6 Å². The fourth-order valence-electron chi connectivity index (χ4n) is 3.97. The van der Waals surface area contributed by atoms with Crippen molar-refractivity contribution in [1.29, 1.82) is 0 Å². The SMILES string of the molecule is CN(Cc1ccc(N2CCOCC2)cc1)C(=O)[C@@H]1CCCN(C(=O)OC(C)(C)C)C1. The van der Waals surface area contributed by atoms with E-state index < -0.39 is 5.60 Å². The summed E-state index contributed by atoms with van der Waals surface area (Å²) in [7, 11) is 1.84. The predicted molar refractivity (Wildman–Crippen MR) is 116 cm³/mol. The first-order valence-electron chi connectivity index (χ1n) is 10.9. The van der Waals surface area contributed by atoms with Gasteiger partial charge in [0.2, 0.25) is 5.91 Å². The van der Waals surface area contributed by atoms with Crippen molar-refractivity contribution in [3.05, 3.63) is 29.8 Å². The molecule has 1 aromatic rings. The Hall–Kier alpha value is -2.28. The molecule has 0 bridgehead atoms. The number of piperidine rings is 1. The Kier molecular flexibility index (Phi) is 7.23. The van der Waals surface area contributed by atoms with Crippen molar-refractivity contribution in [2.45, 2.75) is 45.8 Å². The summed E-state index contributed by atoms with van der Waals surface area (Å²) >= 11 is 0. The Labute approximate surface area is 179 Å². The third-order valence-electron chi connectivity index (χ3n) is 5.53. The molecule has 0 spiro atoms. The lowest BCUT2D eigenvalue weighted by Gasteiger charge is -2.35. The molecule has 30 heavy (non-hydrogen) atoms. The largest absolute Gasteiger partial charge is 0.444 e. The third-order valence-corrected chi connectivity index (χ3v) is 5.53. The monoisotopic (exact) mass is 417 g/mol. The van der Waals surface area contributed by atoms with Crippen molar-refractivity contribution >= 4 is 17.7 Å². The molecular formula is C23H35N3O4. The van der Waals surface area contributed by atoms with Gasteiger partial charge >= 0.3 is 6.09 Å². The molecule has 166 valence electrons. The normalized spacial score (nSPS) is 20.1. The van der Waals surface area contributed by atoms with Crippen LogP contribution in [0.3, 0.4) is 0 Å². The van der Waals surface area contributed by atoms with Gasteiger partial charge in [-0.3, -0.25) is 4.79 Å². The van der Waals surface area contributed by atoms with Crippen LogP contribution in [-0.2, 0) is 20.8 Å². The van der Waals surface area contributed by atoms with Gasteiger partial charge in [0.15, 0.2) is 0 Å². The average Bonchev–Trinajstić information content (AvgIpc) is 2.73. The fraction of sp³-hybridized carbons (Fsp3) is 0.652. The number of carbonyl (C=O) groups excluding carboxylic acids is 2. The Bertz CT molecular complexity index is 723. The number of anilines is 1. The summed E-state index contributed by atoms with van der Waals surface area (Å²) in [6.45, 7) is 10.5. The topological polar surface area (TPSA) is 62.3 Å². The molecule has 7 heteroatoms. The second kappa shape index (κ2) is 9.69. The zero-order valence-electron chi connectivity index (χ0n) is 18.7. The van der Waals surface area contributed by atoms with Crippen molar-refractivity contribution in [2.75, 3.05) is 51.3 Å². The minimum atomic E-state index is -0.530. The van der Waals surface area contributed by atoms with E-state index in [1.165, 1.54) is 5.69 Å². The van der Waals surface area contributed by atoms with Crippen molar-refractivity contribution < 1.29 is 19.1 Å². The van der Waals surface area contributed by atoms with Crippen molar-refractivity contribution in [1.82, 2.24) is 9.80 Å².